The summed E-state index contributed by atoms with van der Waals surface area (Å²) in [4.78, 5) is -0.0415. The molecule has 0 radical (unpaired) electrons. The molecule has 1 fully saturated rings. The molecule has 1 aliphatic heterocycles. The predicted molar refractivity (Wildman–Crippen MR) is 86.2 cm³/mol. The molecule has 0 aliphatic carbocycles. The lowest BCUT2D eigenvalue weighted by molar-refractivity contribution is -0.0498. The molecule has 10 heteroatoms. The Bertz CT molecular complexity index is 626. The van der Waals surface area contributed by atoms with Crippen molar-refractivity contribution in [1.82, 2.24) is 9.62 Å². The third kappa shape index (κ3) is 4.90. The molecule has 1 aliphatic rings. The van der Waals surface area contributed by atoms with Crippen LogP contribution in [0.3, 0.4) is 0 Å². The van der Waals surface area contributed by atoms with Crippen LogP contribution >= 0.6 is 24.0 Å². The second-order valence-electron chi connectivity index (χ2n) is 4.97. The maximum Gasteiger partial charge on any atom is 0.387 e. The van der Waals surface area contributed by atoms with E-state index in [1.54, 1.807) is 0 Å². The van der Waals surface area contributed by atoms with Gasteiger partial charge in [-0.05, 0) is 44.1 Å². The molecule has 0 bridgehead atoms. The van der Waals surface area contributed by atoms with Gasteiger partial charge < -0.3 is 10.1 Å². The fourth-order valence-corrected chi connectivity index (χ4v) is 4.10. The number of alkyl halides is 2. The molecule has 0 spiro atoms. The van der Waals surface area contributed by atoms with Crippen molar-refractivity contribution < 1.29 is 21.9 Å². The van der Waals surface area contributed by atoms with Crippen LogP contribution in [0.1, 0.15) is 12.8 Å². The Hall–Kier alpha value is -0.670. The Labute approximate surface area is 145 Å². The van der Waals surface area contributed by atoms with Crippen molar-refractivity contribution >= 4 is 34.0 Å². The van der Waals surface area contributed by atoms with Gasteiger partial charge in [-0.2, -0.15) is 13.1 Å². The van der Waals surface area contributed by atoms with Gasteiger partial charge in [0.25, 0.3) is 0 Å². The maximum atomic E-state index is 12.6. The number of halogens is 4. The highest BCUT2D eigenvalue weighted by molar-refractivity contribution is 7.89. The zero-order chi connectivity index (χ0) is 16.3. The van der Waals surface area contributed by atoms with Gasteiger partial charge in [-0.15, -0.1) is 12.4 Å². The first-order chi connectivity index (χ1) is 10.3. The summed E-state index contributed by atoms with van der Waals surface area (Å²) in [6, 6.07) is 3.39. The van der Waals surface area contributed by atoms with Crippen LogP contribution in [0.25, 0.3) is 0 Å². The van der Waals surface area contributed by atoms with Crippen LogP contribution in [-0.4, -0.2) is 45.5 Å². The molecule has 2 rings (SSSR count). The molecule has 0 atom stereocenters. The molecule has 1 aromatic carbocycles. The van der Waals surface area contributed by atoms with E-state index in [2.05, 4.69) is 10.1 Å². The largest absolute Gasteiger partial charge is 0.433 e. The van der Waals surface area contributed by atoms with Crippen LogP contribution in [-0.2, 0) is 10.0 Å². The zero-order valence-electron chi connectivity index (χ0n) is 12.3. The van der Waals surface area contributed by atoms with Gasteiger partial charge in [0.2, 0.25) is 10.0 Å². The summed E-state index contributed by atoms with van der Waals surface area (Å²) in [5, 5.41) is 3.00. The minimum atomic E-state index is -3.73. The first kappa shape index (κ1) is 20.4. The summed E-state index contributed by atoms with van der Waals surface area (Å²) in [5.41, 5.74) is 0. The third-order valence-corrected chi connectivity index (χ3v) is 5.82. The molecule has 0 aromatic heterocycles. The Balaban J connectivity index is 0.00000264. The number of hydrogen-bond donors (Lipinski definition) is 1. The van der Waals surface area contributed by atoms with Gasteiger partial charge in [0.1, 0.15) is 5.75 Å². The number of piperidine rings is 1. The van der Waals surface area contributed by atoms with Crippen molar-refractivity contribution in [2.75, 3.05) is 20.1 Å². The number of rotatable bonds is 5. The summed E-state index contributed by atoms with van der Waals surface area (Å²) in [7, 11) is -2.21. The topological polar surface area (TPSA) is 58.6 Å². The molecule has 1 N–H and O–H groups in total. The predicted octanol–water partition coefficient (Wildman–Crippen LogP) is 2.74. The second kappa shape index (κ2) is 8.43. The lowest BCUT2D eigenvalue weighted by atomic mass is 10.1. The van der Waals surface area contributed by atoms with Crippen LogP contribution in [0.2, 0.25) is 5.02 Å². The van der Waals surface area contributed by atoms with E-state index < -0.39 is 16.6 Å². The summed E-state index contributed by atoms with van der Waals surface area (Å²) in [6.45, 7) is -1.50. The minimum Gasteiger partial charge on any atom is -0.433 e. The highest BCUT2D eigenvalue weighted by Crippen LogP contribution is 2.30. The molecule has 1 saturated heterocycles. The van der Waals surface area contributed by atoms with E-state index in [1.165, 1.54) is 17.4 Å². The van der Waals surface area contributed by atoms with Crippen LogP contribution in [0.5, 0.6) is 5.75 Å². The monoisotopic (exact) mass is 390 g/mol. The van der Waals surface area contributed by atoms with E-state index >= 15 is 0 Å². The SMILES string of the molecule is CN(C1CCNCC1)S(=O)(=O)c1ccc(OC(F)F)c(Cl)c1.Cl. The molecule has 23 heavy (non-hydrogen) atoms. The number of sulfonamides is 1. The van der Waals surface area contributed by atoms with Gasteiger partial charge in [-0.25, -0.2) is 8.42 Å². The smallest absolute Gasteiger partial charge is 0.387 e. The molecule has 0 unspecified atom stereocenters. The summed E-state index contributed by atoms with van der Waals surface area (Å²) in [5.74, 6) is -0.250. The first-order valence-corrected chi connectivity index (χ1v) is 8.57. The van der Waals surface area contributed by atoms with Gasteiger partial charge in [-0.1, -0.05) is 11.6 Å². The van der Waals surface area contributed by atoms with Crippen molar-refractivity contribution in [2.45, 2.75) is 30.4 Å². The zero-order valence-corrected chi connectivity index (χ0v) is 14.7. The van der Waals surface area contributed by atoms with Gasteiger partial charge >= 0.3 is 6.61 Å². The van der Waals surface area contributed by atoms with Gasteiger partial charge in [0.05, 0.1) is 9.92 Å². The highest BCUT2D eigenvalue weighted by atomic mass is 35.5. The van der Waals surface area contributed by atoms with Gasteiger partial charge in [-0.3, -0.25) is 0 Å². The van der Waals surface area contributed by atoms with Crippen molar-refractivity contribution in [3.05, 3.63) is 23.2 Å². The summed E-state index contributed by atoms with van der Waals surface area (Å²) < 4.78 is 55.1. The number of nitrogens with zero attached hydrogens (tertiary/aromatic N) is 1. The lowest BCUT2D eigenvalue weighted by Crippen LogP contribution is -2.43. The Morgan fingerprint density at radius 1 is 1.35 bits per heavy atom. The number of benzene rings is 1. The minimum absolute atomic E-state index is 0. The van der Waals surface area contributed by atoms with Crippen LogP contribution in [0.4, 0.5) is 8.78 Å². The standard InChI is InChI=1S/C13H17ClF2N2O3S.ClH/c1-18(9-4-6-17-7-5-9)22(19,20)10-2-3-12(11(14)8-10)21-13(15)16;/h2-3,8-9,13,17H,4-7H2,1H3;1H. The van der Waals surface area contributed by atoms with Crippen LogP contribution in [0, 0.1) is 0 Å². The van der Waals surface area contributed by atoms with Crippen molar-refractivity contribution in [3.63, 3.8) is 0 Å². The Morgan fingerprint density at radius 3 is 2.48 bits per heavy atom. The van der Waals surface area contributed by atoms with E-state index in [1.807, 2.05) is 0 Å². The Kier molecular flexibility index (Phi) is 7.47. The van der Waals surface area contributed by atoms with Crippen LogP contribution in [0.15, 0.2) is 23.1 Å². The van der Waals surface area contributed by atoms with E-state index in [9.17, 15) is 17.2 Å². The van der Waals surface area contributed by atoms with Gasteiger partial charge in [0, 0.05) is 13.1 Å². The lowest BCUT2D eigenvalue weighted by Gasteiger charge is -2.30. The summed E-state index contributed by atoms with van der Waals surface area (Å²) in [6.07, 6.45) is 1.44. The fraction of sp³-hybridized carbons (Fsp3) is 0.538. The normalized spacial score (nSPS) is 16.4. The first-order valence-electron chi connectivity index (χ1n) is 6.75. The van der Waals surface area contributed by atoms with E-state index in [-0.39, 0.29) is 34.1 Å². The average molecular weight is 391 g/mol. The fourth-order valence-electron chi connectivity index (χ4n) is 2.37. The molecular weight excluding hydrogens is 373 g/mol. The Morgan fingerprint density at radius 2 is 1.96 bits per heavy atom. The molecule has 1 heterocycles. The molecule has 1 aromatic rings. The van der Waals surface area contributed by atoms with E-state index in [4.69, 9.17) is 11.6 Å². The summed E-state index contributed by atoms with van der Waals surface area (Å²) >= 11 is 5.82. The number of hydrogen-bond acceptors (Lipinski definition) is 4. The third-order valence-electron chi connectivity index (χ3n) is 3.62. The van der Waals surface area contributed by atoms with Gasteiger partial charge in [0.15, 0.2) is 0 Å². The van der Waals surface area contributed by atoms with Crippen LogP contribution < -0.4 is 10.1 Å². The maximum absolute atomic E-state index is 12.6. The van der Waals surface area contributed by atoms with Crippen molar-refractivity contribution in [2.24, 2.45) is 0 Å². The van der Waals surface area contributed by atoms with Crippen molar-refractivity contribution in [3.8, 4) is 5.75 Å². The molecule has 5 nitrogen and oxygen atoms in total. The molecule has 132 valence electrons. The molecular formula is C13H18Cl2F2N2O3S. The molecule has 0 amide bonds. The quantitative estimate of drug-likeness (QED) is 0.839. The number of ether oxygens (including phenoxy) is 1. The number of nitrogens with one attached hydrogen (secondary N) is 1. The molecule has 0 saturated carbocycles. The van der Waals surface area contributed by atoms with E-state index in [0.717, 1.165) is 38.1 Å². The van der Waals surface area contributed by atoms with Crippen molar-refractivity contribution in [1.29, 1.82) is 0 Å². The van der Waals surface area contributed by atoms with E-state index in [0.29, 0.717) is 0 Å². The average Bonchev–Trinajstić information content (AvgIpc) is 2.49. The second-order valence-corrected chi connectivity index (χ2v) is 7.38. The highest BCUT2D eigenvalue weighted by Gasteiger charge is 2.29.